The molecule has 0 aromatic carbocycles. The van der Waals surface area contributed by atoms with Crippen molar-refractivity contribution in [2.75, 3.05) is 19.7 Å². The minimum Gasteiger partial charge on any atom is -0.461 e. The van der Waals surface area contributed by atoms with Crippen LogP contribution in [0.5, 0.6) is 0 Å². The number of carbonyl (C=O) groups is 2. The normalized spacial score (nSPS) is 10.8. The number of esters is 1. The monoisotopic (exact) mass is 350 g/mol. The first-order valence-corrected chi connectivity index (χ1v) is 9.60. The lowest BCUT2D eigenvalue weighted by molar-refractivity contribution is 0.0512. The highest BCUT2D eigenvalue weighted by Gasteiger charge is 2.28. The van der Waals surface area contributed by atoms with Gasteiger partial charge in [-0.05, 0) is 46.1 Å². The van der Waals surface area contributed by atoms with Crippen LogP contribution < -0.4 is 0 Å². The van der Waals surface area contributed by atoms with E-state index in [-0.39, 0.29) is 11.9 Å². The smallest absolute Gasteiger partial charge is 0.355 e. The van der Waals surface area contributed by atoms with Crippen LogP contribution >= 0.6 is 0 Å². The van der Waals surface area contributed by atoms with Crippen LogP contribution in [-0.2, 0) is 11.3 Å². The molecule has 0 saturated carbocycles. The molecule has 1 aromatic heterocycles. The summed E-state index contributed by atoms with van der Waals surface area (Å²) in [5, 5.41) is 0. The lowest BCUT2D eigenvalue weighted by atomic mass is 10.1. The fourth-order valence-electron chi connectivity index (χ4n) is 3.24. The van der Waals surface area contributed by atoms with Crippen molar-refractivity contribution in [1.82, 2.24) is 9.47 Å². The summed E-state index contributed by atoms with van der Waals surface area (Å²) in [4.78, 5) is 27.5. The third kappa shape index (κ3) is 4.86. The van der Waals surface area contributed by atoms with Crippen LogP contribution in [0.2, 0.25) is 0 Å². The summed E-state index contributed by atoms with van der Waals surface area (Å²) in [6, 6.07) is 0. The zero-order valence-electron chi connectivity index (χ0n) is 16.8. The number of amides is 1. The fraction of sp³-hybridized carbons (Fsp3) is 0.700. The van der Waals surface area contributed by atoms with Gasteiger partial charge in [0.2, 0.25) is 0 Å². The second kappa shape index (κ2) is 10.3. The standard InChI is InChI=1S/C20H34N2O3/c1-7-11-13-21(14-12-8-2)19(23)17-15(5)18(20(24)25-10-4)22(9-3)16(17)6/h7-14H2,1-6H3. The molecule has 0 fully saturated rings. The van der Waals surface area contributed by atoms with E-state index in [2.05, 4.69) is 13.8 Å². The molecule has 0 aliphatic heterocycles. The second-order valence-corrected chi connectivity index (χ2v) is 6.40. The molecule has 5 nitrogen and oxygen atoms in total. The lowest BCUT2D eigenvalue weighted by Crippen LogP contribution is -2.33. The Balaban J connectivity index is 3.29. The molecule has 0 N–H and O–H groups in total. The van der Waals surface area contributed by atoms with Crippen molar-refractivity contribution in [2.45, 2.75) is 73.8 Å². The highest BCUT2D eigenvalue weighted by atomic mass is 16.5. The predicted octanol–water partition coefficient (Wildman–Crippen LogP) is 4.34. The predicted molar refractivity (Wildman–Crippen MR) is 101 cm³/mol. The van der Waals surface area contributed by atoms with Crippen LogP contribution in [0.15, 0.2) is 0 Å². The first kappa shape index (κ1) is 21.3. The van der Waals surface area contributed by atoms with Gasteiger partial charge in [-0.3, -0.25) is 4.79 Å². The molecule has 1 rings (SSSR count). The van der Waals surface area contributed by atoms with Crippen molar-refractivity contribution in [3.8, 4) is 0 Å². The van der Waals surface area contributed by atoms with Gasteiger partial charge in [0.1, 0.15) is 5.69 Å². The maximum atomic E-state index is 13.2. The summed E-state index contributed by atoms with van der Waals surface area (Å²) in [7, 11) is 0. The molecule has 142 valence electrons. The van der Waals surface area contributed by atoms with E-state index >= 15 is 0 Å². The highest BCUT2D eigenvalue weighted by molar-refractivity contribution is 6.01. The van der Waals surface area contributed by atoms with Gasteiger partial charge in [-0.15, -0.1) is 0 Å². The summed E-state index contributed by atoms with van der Waals surface area (Å²) in [6.45, 7) is 14.3. The Hall–Kier alpha value is -1.78. The molecule has 0 bridgehead atoms. The summed E-state index contributed by atoms with van der Waals surface area (Å²) >= 11 is 0. The van der Waals surface area contributed by atoms with Gasteiger partial charge in [-0.1, -0.05) is 26.7 Å². The average molecular weight is 351 g/mol. The van der Waals surface area contributed by atoms with Crippen LogP contribution in [0.3, 0.4) is 0 Å². The minimum atomic E-state index is -0.349. The maximum absolute atomic E-state index is 13.2. The SMILES string of the molecule is CCCCN(CCCC)C(=O)c1c(C)c(C(=O)OCC)n(CC)c1C. The van der Waals surface area contributed by atoms with Gasteiger partial charge in [0, 0.05) is 25.3 Å². The number of aromatic nitrogens is 1. The number of rotatable bonds is 10. The molecule has 0 aliphatic carbocycles. The van der Waals surface area contributed by atoms with Crippen molar-refractivity contribution in [1.29, 1.82) is 0 Å². The van der Waals surface area contributed by atoms with Crippen LogP contribution in [-0.4, -0.2) is 41.0 Å². The molecule has 0 unspecified atom stereocenters. The molecular formula is C20H34N2O3. The molecule has 1 heterocycles. The molecule has 25 heavy (non-hydrogen) atoms. The number of nitrogens with zero attached hydrogens (tertiary/aromatic N) is 2. The Bertz CT molecular complexity index is 582. The summed E-state index contributed by atoms with van der Waals surface area (Å²) in [5.41, 5.74) is 2.76. The molecule has 5 heteroatoms. The first-order chi connectivity index (χ1) is 11.9. The Labute approximate surface area is 152 Å². The molecule has 0 atom stereocenters. The van der Waals surface area contributed by atoms with E-state index in [1.165, 1.54) is 0 Å². The Kier molecular flexibility index (Phi) is 8.73. The summed E-state index contributed by atoms with van der Waals surface area (Å²) < 4.78 is 7.11. The summed E-state index contributed by atoms with van der Waals surface area (Å²) in [5.74, 6) is -0.313. The van der Waals surface area contributed by atoms with E-state index in [1.807, 2.05) is 30.2 Å². The van der Waals surface area contributed by atoms with Gasteiger partial charge in [-0.2, -0.15) is 0 Å². The number of hydrogen-bond acceptors (Lipinski definition) is 3. The van der Waals surface area contributed by atoms with E-state index in [0.29, 0.717) is 24.4 Å². The van der Waals surface area contributed by atoms with Crippen molar-refractivity contribution in [3.63, 3.8) is 0 Å². The first-order valence-electron chi connectivity index (χ1n) is 9.60. The van der Waals surface area contributed by atoms with Crippen molar-refractivity contribution >= 4 is 11.9 Å². The number of unbranched alkanes of at least 4 members (excludes halogenated alkanes) is 2. The third-order valence-electron chi connectivity index (χ3n) is 4.62. The topological polar surface area (TPSA) is 51.5 Å². The quantitative estimate of drug-likeness (QED) is 0.590. The van der Waals surface area contributed by atoms with Gasteiger partial charge in [0.05, 0.1) is 12.2 Å². The Morgan fingerprint density at radius 1 is 1.00 bits per heavy atom. The number of hydrogen-bond donors (Lipinski definition) is 0. The zero-order valence-corrected chi connectivity index (χ0v) is 16.8. The molecule has 0 aliphatic rings. The Morgan fingerprint density at radius 2 is 1.56 bits per heavy atom. The lowest BCUT2D eigenvalue weighted by Gasteiger charge is -2.23. The van der Waals surface area contributed by atoms with Gasteiger partial charge in [0.25, 0.3) is 5.91 Å². The largest absolute Gasteiger partial charge is 0.461 e. The van der Waals surface area contributed by atoms with Crippen molar-refractivity contribution < 1.29 is 14.3 Å². The van der Waals surface area contributed by atoms with Crippen LogP contribution in [0.1, 0.15) is 85.5 Å². The van der Waals surface area contributed by atoms with Crippen LogP contribution in [0.4, 0.5) is 0 Å². The Morgan fingerprint density at radius 3 is 2.00 bits per heavy atom. The molecule has 1 amide bonds. The number of ether oxygens (including phenoxy) is 1. The molecule has 1 aromatic rings. The molecular weight excluding hydrogens is 316 g/mol. The second-order valence-electron chi connectivity index (χ2n) is 6.40. The molecule has 0 radical (unpaired) electrons. The third-order valence-corrected chi connectivity index (χ3v) is 4.62. The van der Waals surface area contributed by atoms with Gasteiger partial charge >= 0.3 is 5.97 Å². The minimum absolute atomic E-state index is 0.0367. The van der Waals surface area contributed by atoms with Crippen molar-refractivity contribution in [2.24, 2.45) is 0 Å². The highest BCUT2D eigenvalue weighted by Crippen LogP contribution is 2.25. The van der Waals surface area contributed by atoms with Crippen LogP contribution in [0, 0.1) is 13.8 Å². The zero-order chi connectivity index (χ0) is 19.0. The van der Waals surface area contributed by atoms with E-state index in [4.69, 9.17) is 4.74 Å². The van der Waals surface area contributed by atoms with Gasteiger partial charge in [-0.25, -0.2) is 4.79 Å². The van der Waals surface area contributed by atoms with E-state index in [1.54, 1.807) is 6.92 Å². The van der Waals surface area contributed by atoms with Gasteiger partial charge in [0.15, 0.2) is 0 Å². The van der Waals surface area contributed by atoms with Gasteiger partial charge < -0.3 is 14.2 Å². The summed E-state index contributed by atoms with van der Waals surface area (Å²) in [6.07, 6.45) is 4.09. The van der Waals surface area contributed by atoms with E-state index < -0.39 is 0 Å². The van der Waals surface area contributed by atoms with E-state index in [0.717, 1.165) is 50.0 Å². The fourth-order valence-corrected chi connectivity index (χ4v) is 3.24. The van der Waals surface area contributed by atoms with Crippen molar-refractivity contribution in [3.05, 3.63) is 22.5 Å². The molecule has 0 spiro atoms. The van der Waals surface area contributed by atoms with Crippen LogP contribution in [0.25, 0.3) is 0 Å². The molecule has 0 saturated heterocycles. The maximum Gasteiger partial charge on any atom is 0.355 e. The number of carbonyl (C=O) groups excluding carboxylic acids is 2. The van der Waals surface area contributed by atoms with E-state index in [9.17, 15) is 9.59 Å². The average Bonchev–Trinajstić information content (AvgIpc) is 2.84.